The number of fused-ring (bicyclic) bond motifs is 1. The van der Waals surface area contributed by atoms with Crippen LogP contribution in [0.25, 0.3) is 0 Å². The maximum absolute atomic E-state index is 13.1. The maximum atomic E-state index is 13.1. The Kier molecular flexibility index (Phi) is 2.26. The van der Waals surface area contributed by atoms with Gasteiger partial charge in [-0.25, -0.2) is 8.78 Å². The molecule has 0 amide bonds. The Morgan fingerprint density at radius 1 is 1.40 bits per heavy atom. The molecule has 5 heteroatoms. The molecule has 2 rings (SSSR count). The Hall–Kier alpha value is -1.36. The zero-order chi connectivity index (χ0) is 11.1. The van der Waals surface area contributed by atoms with Crippen LogP contribution in [-0.4, -0.2) is 6.79 Å². The van der Waals surface area contributed by atoms with E-state index >= 15 is 0 Å². The smallest absolute Gasteiger partial charge is 0.270 e. The van der Waals surface area contributed by atoms with Gasteiger partial charge in [-0.1, -0.05) is 0 Å². The zero-order valence-electron chi connectivity index (χ0n) is 8.22. The summed E-state index contributed by atoms with van der Waals surface area (Å²) in [5, 5.41) is 0. The third-order valence-electron chi connectivity index (χ3n) is 2.28. The van der Waals surface area contributed by atoms with E-state index in [2.05, 4.69) is 0 Å². The van der Waals surface area contributed by atoms with Crippen LogP contribution < -0.4 is 15.2 Å². The van der Waals surface area contributed by atoms with Crippen molar-refractivity contribution in [2.45, 2.75) is 19.4 Å². The van der Waals surface area contributed by atoms with Gasteiger partial charge in [0, 0.05) is 24.6 Å². The first kappa shape index (κ1) is 10.2. The fourth-order valence-corrected chi connectivity index (χ4v) is 1.49. The first-order valence-electron chi connectivity index (χ1n) is 4.53. The molecule has 82 valence electrons. The lowest BCUT2D eigenvalue weighted by Crippen LogP contribution is -2.09. The molecule has 0 aliphatic carbocycles. The molecule has 0 saturated carbocycles. The highest BCUT2D eigenvalue weighted by Gasteiger charge is 2.29. The number of rotatable bonds is 2. The van der Waals surface area contributed by atoms with Crippen molar-refractivity contribution in [3.63, 3.8) is 0 Å². The van der Waals surface area contributed by atoms with Gasteiger partial charge in [-0.2, -0.15) is 0 Å². The third-order valence-corrected chi connectivity index (χ3v) is 2.28. The van der Waals surface area contributed by atoms with Gasteiger partial charge in [-0.15, -0.1) is 0 Å². The number of alkyl halides is 2. The molecule has 3 nitrogen and oxygen atoms in total. The summed E-state index contributed by atoms with van der Waals surface area (Å²) >= 11 is 0. The van der Waals surface area contributed by atoms with Crippen LogP contribution >= 0.6 is 0 Å². The van der Waals surface area contributed by atoms with Crippen molar-refractivity contribution in [3.8, 4) is 11.5 Å². The molecule has 0 bridgehead atoms. The van der Waals surface area contributed by atoms with Gasteiger partial charge < -0.3 is 15.2 Å². The normalized spacial score (nSPS) is 14.4. The van der Waals surface area contributed by atoms with E-state index in [-0.39, 0.29) is 18.9 Å². The fourth-order valence-electron chi connectivity index (χ4n) is 1.49. The lowest BCUT2D eigenvalue weighted by atomic mass is 10.0. The van der Waals surface area contributed by atoms with Gasteiger partial charge in [0.25, 0.3) is 5.92 Å². The molecule has 0 spiro atoms. The molecule has 1 aliphatic heterocycles. The highest BCUT2D eigenvalue weighted by molar-refractivity contribution is 5.51. The Morgan fingerprint density at radius 2 is 2.13 bits per heavy atom. The average Bonchev–Trinajstić information content (AvgIpc) is 2.62. The van der Waals surface area contributed by atoms with E-state index in [1.807, 2.05) is 0 Å². The predicted octanol–water partition coefficient (Wildman–Crippen LogP) is 1.99. The van der Waals surface area contributed by atoms with Gasteiger partial charge in [0.15, 0.2) is 11.5 Å². The summed E-state index contributed by atoms with van der Waals surface area (Å²) in [6, 6.07) is 2.65. The van der Waals surface area contributed by atoms with Crippen molar-refractivity contribution in [1.82, 2.24) is 0 Å². The minimum Gasteiger partial charge on any atom is -0.454 e. The molecule has 15 heavy (non-hydrogen) atoms. The van der Waals surface area contributed by atoms with Crippen LogP contribution in [0.2, 0.25) is 0 Å². The molecule has 0 radical (unpaired) electrons. The van der Waals surface area contributed by atoms with Crippen LogP contribution in [0.15, 0.2) is 12.1 Å². The van der Waals surface area contributed by atoms with Crippen molar-refractivity contribution in [1.29, 1.82) is 0 Å². The molecular formula is C10H11F2NO2. The minimum absolute atomic E-state index is 0.0566. The predicted molar refractivity (Wildman–Crippen MR) is 50.0 cm³/mol. The minimum atomic E-state index is -2.90. The zero-order valence-corrected chi connectivity index (χ0v) is 8.22. The first-order chi connectivity index (χ1) is 7.02. The van der Waals surface area contributed by atoms with Crippen LogP contribution in [0.3, 0.4) is 0 Å². The molecule has 0 saturated heterocycles. The summed E-state index contributed by atoms with van der Waals surface area (Å²) in [5.74, 6) is -2.08. The lowest BCUT2D eigenvalue weighted by Gasteiger charge is -2.13. The molecular weight excluding hydrogens is 204 g/mol. The molecule has 0 unspecified atom stereocenters. The maximum Gasteiger partial charge on any atom is 0.270 e. The van der Waals surface area contributed by atoms with Gasteiger partial charge in [0.2, 0.25) is 6.79 Å². The van der Waals surface area contributed by atoms with Gasteiger partial charge in [0.05, 0.1) is 0 Å². The number of nitrogens with two attached hydrogens (primary N) is 1. The Bertz CT molecular complexity index is 388. The van der Waals surface area contributed by atoms with Crippen LogP contribution in [-0.2, 0) is 12.5 Å². The van der Waals surface area contributed by atoms with Crippen molar-refractivity contribution in [3.05, 3.63) is 23.3 Å². The highest BCUT2D eigenvalue weighted by atomic mass is 19.3. The molecule has 0 aromatic heterocycles. The van der Waals surface area contributed by atoms with Crippen molar-refractivity contribution in [2.24, 2.45) is 5.73 Å². The van der Waals surface area contributed by atoms with Crippen molar-refractivity contribution < 1.29 is 18.3 Å². The molecule has 0 fully saturated rings. The Morgan fingerprint density at radius 3 is 2.73 bits per heavy atom. The molecule has 1 aromatic rings. The summed E-state index contributed by atoms with van der Waals surface area (Å²) in [5.41, 5.74) is 5.89. The summed E-state index contributed by atoms with van der Waals surface area (Å²) in [7, 11) is 0. The lowest BCUT2D eigenvalue weighted by molar-refractivity contribution is 0.0172. The van der Waals surface area contributed by atoms with E-state index in [4.69, 9.17) is 15.2 Å². The van der Waals surface area contributed by atoms with Crippen LogP contribution in [0.1, 0.15) is 18.1 Å². The molecule has 2 N–H and O–H groups in total. The second kappa shape index (κ2) is 3.34. The van der Waals surface area contributed by atoms with E-state index in [0.717, 1.165) is 6.92 Å². The van der Waals surface area contributed by atoms with Gasteiger partial charge in [-0.3, -0.25) is 0 Å². The first-order valence-corrected chi connectivity index (χ1v) is 4.53. The molecule has 0 atom stereocenters. The summed E-state index contributed by atoms with van der Waals surface area (Å²) < 4.78 is 36.4. The highest BCUT2D eigenvalue weighted by Crippen LogP contribution is 2.40. The number of benzene rings is 1. The second-order valence-corrected chi connectivity index (χ2v) is 3.46. The number of halogens is 2. The molecule has 1 aromatic carbocycles. The van der Waals surface area contributed by atoms with Crippen molar-refractivity contribution in [2.75, 3.05) is 6.79 Å². The average molecular weight is 215 g/mol. The van der Waals surface area contributed by atoms with Crippen molar-refractivity contribution >= 4 is 0 Å². The third kappa shape index (κ3) is 1.74. The number of hydrogen-bond acceptors (Lipinski definition) is 3. The van der Waals surface area contributed by atoms with Gasteiger partial charge in [0.1, 0.15) is 0 Å². The molecule has 1 aliphatic rings. The van der Waals surface area contributed by atoms with E-state index in [1.54, 1.807) is 0 Å². The van der Waals surface area contributed by atoms with Crippen LogP contribution in [0, 0.1) is 0 Å². The van der Waals surface area contributed by atoms with Crippen LogP contribution in [0.4, 0.5) is 8.78 Å². The quantitative estimate of drug-likeness (QED) is 0.820. The van der Waals surface area contributed by atoms with E-state index in [1.165, 1.54) is 12.1 Å². The number of ether oxygens (including phenoxy) is 2. The SMILES string of the molecule is CC(F)(F)c1cc(CN)c2c(c1)OCO2. The Labute approximate surface area is 85.8 Å². The summed E-state index contributed by atoms with van der Waals surface area (Å²) in [4.78, 5) is 0. The second-order valence-electron chi connectivity index (χ2n) is 3.46. The topological polar surface area (TPSA) is 44.5 Å². The fraction of sp³-hybridized carbons (Fsp3) is 0.400. The standard InChI is InChI=1S/C10H11F2NO2/c1-10(11,12)7-2-6(4-13)9-8(3-7)14-5-15-9/h2-3H,4-5,13H2,1H3. The summed E-state index contributed by atoms with van der Waals surface area (Å²) in [6.45, 7) is 1.04. The van der Waals surface area contributed by atoms with E-state index < -0.39 is 5.92 Å². The summed E-state index contributed by atoms with van der Waals surface area (Å²) in [6.07, 6.45) is 0. The van der Waals surface area contributed by atoms with Gasteiger partial charge >= 0.3 is 0 Å². The van der Waals surface area contributed by atoms with Crippen LogP contribution in [0.5, 0.6) is 11.5 Å². The molecule has 1 heterocycles. The Balaban J connectivity index is 2.53. The van der Waals surface area contributed by atoms with E-state index in [9.17, 15) is 8.78 Å². The largest absolute Gasteiger partial charge is 0.454 e. The number of hydrogen-bond donors (Lipinski definition) is 1. The van der Waals surface area contributed by atoms with E-state index in [0.29, 0.717) is 17.1 Å². The monoisotopic (exact) mass is 215 g/mol. The van der Waals surface area contributed by atoms with Gasteiger partial charge in [-0.05, 0) is 12.1 Å².